The number of fused-ring (bicyclic) bond motifs is 1. The molecule has 5 nitrogen and oxygen atoms in total. The summed E-state index contributed by atoms with van der Waals surface area (Å²) in [6.45, 7) is 7.44. The van der Waals surface area contributed by atoms with E-state index in [-0.39, 0.29) is 24.0 Å². The normalized spacial score (nSPS) is 17.5. The Labute approximate surface area is 177 Å². The summed E-state index contributed by atoms with van der Waals surface area (Å²) in [4.78, 5) is 28.0. The van der Waals surface area contributed by atoms with E-state index in [1.165, 1.54) is 0 Å². The summed E-state index contributed by atoms with van der Waals surface area (Å²) >= 11 is 1.54. The number of nitrogens with zero attached hydrogens (tertiary/aromatic N) is 1. The highest BCUT2D eigenvalue weighted by atomic mass is 32.1. The van der Waals surface area contributed by atoms with Crippen LogP contribution in [0.1, 0.15) is 61.7 Å². The fourth-order valence-corrected chi connectivity index (χ4v) is 5.21. The van der Waals surface area contributed by atoms with Gasteiger partial charge < -0.3 is 15.0 Å². The van der Waals surface area contributed by atoms with Crippen LogP contribution in [0.4, 0.5) is 0 Å². The lowest BCUT2D eigenvalue weighted by Gasteiger charge is -2.29. The van der Waals surface area contributed by atoms with Crippen molar-refractivity contribution in [2.75, 3.05) is 19.7 Å². The molecule has 158 valence electrons. The SMILES string of the molecule is CC(=O)N1CCCCC[C@H]1Cc1c(C(=O)NCCOC(C)C)sc2ccccc12. The standard InChI is InChI=1S/C23H32N2O3S/c1-16(2)28-14-12-24-23(27)22-20(19-10-6-7-11-21(19)29-22)15-18-9-5-4-8-13-25(18)17(3)26/h6-7,10-11,16,18H,4-5,8-9,12-15H2,1-3H3,(H,24,27)/t18-/m0/s1. The monoisotopic (exact) mass is 416 g/mol. The molecule has 1 N–H and O–H groups in total. The number of nitrogens with one attached hydrogen (secondary N) is 1. The lowest BCUT2D eigenvalue weighted by atomic mass is 9.98. The van der Waals surface area contributed by atoms with E-state index in [1.807, 2.05) is 30.9 Å². The first-order valence-corrected chi connectivity index (χ1v) is 11.5. The second-order valence-electron chi connectivity index (χ2n) is 8.00. The van der Waals surface area contributed by atoms with Crippen molar-refractivity contribution >= 4 is 33.2 Å². The van der Waals surface area contributed by atoms with E-state index in [0.717, 1.165) is 59.2 Å². The molecule has 1 saturated heterocycles. The first kappa shape index (κ1) is 21.8. The summed E-state index contributed by atoms with van der Waals surface area (Å²) in [6, 6.07) is 8.34. The van der Waals surface area contributed by atoms with Crippen LogP contribution in [0.25, 0.3) is 10.1 Å². The largest absolute Gasteiger partial charge is 0.377 e. The third-order valence-electron chi connectivity index (χ3n) is 5.46. The Kier molecular flexibility index (Phi) is 7.67. The Bertz CT molecular complexity index is 846. The highest BCUT2D eigenvalue weighted by Crippen LogP contribution is 2.34. The molecule has 0 aliphatic carbocycles. The molecule has 0 bridgehead atoms. The van der Waals surface area contributed by atoms with Gasteiger partial charge in [0.15, 0.2) is 0 Å². The smallest absolute Gasteiger partial charge is 0.261 e. The minimum atomic E-state index is -0.0449. The van der Waals surface area contributed by atoms with Gasteiger partial charge in [-0.05, 0) is 50.1 Å². The van der Waals surface area contributed by atoms with E-state index >= 15 is 0 Å². The molecule has 1 aliphatic rings. The molecule has 0 radical (unpaired) electrons. The maximum atomic E-state index is 13.0. The number of carbonyl (C=O) groups excluding carboxylic acids is 2. The van der Waals surface area contributed by atoms with Gasteiger partial charge >= 0.3 is 0 Å². The third-order valence-corrected chi connectivity index (χ3v) is 6.68. The average molecular weight is 417 g/mol. The molecule has 29 heavy (non-hydrogen) atoms. The van der Waals surface area contributed by atoms with Gasteiger partial charge in [-0.3, -0.25) is 9.59 Å². The molecular weight excluding hydrogens is 384 g/mol. The number of likely N-dealkylation sites (tertiary alicyclic amines) is 1. The van der Waals surface area contributed by atoms with Gasteiger partial charge in [-0.2, -0.15) is 0 Å². The Morgan fingerprint density at radius 2 is 2.03 bits per heavy atom. The van der Waals surface area contributed by atoms with Gasteiger partial charge in [-0.1, -0.05) is 31.0 Å². The summed E-state index contributed by atoms with van der Waals surface area (Å²) < 4.78 is 6.66. The molecule has 2 aromatic rings. The Balaban J connectivity index is 1.84. The van der Waals surface area contributed by atoms with E-state index < -0.39 is 0 Å². The predicted molar refractivity (Wildman–Crippen MR) is 119 cm³/mol. The fourth-order valence-electron chi connectivity index (χ4n) is 4.06. The molecule has 0 spiro atoms. The second-order valence-corrected chi connectivity index (χ2v) is 9.05. The maximum Gasteiger partial charge on any atom is 0.261 e. The van der Waals surface area contributed by atoms with Crippen LogP contribution in [0.3, 0.4) is 0 Å². The van der Waals surface area contributed by atoms with Crippen LogP contribution in [-0.2, 0) is 16.0 Å². The lowest BCUT2D eigenvalue weighted by Crippen LogP contribution is -2.40. The van der Waals surface area contributed by atoms with E-state index in [4.69, 9.17) is 4.74 Å². The van der Waals surface area contributed by atoms with Crippen LogP contribution in [-0.4, -0.2) is 48.6 Å². The van der Waals surface area contributed by atoms with Crippen LogP contribution < -0.4 is 5.32 Å². The molecule has 0 saturated carbocycles. The number of thiophene rings is 1. The molecule has 6 heteroatoms. The molecule has 3 rings (SSSR count). The van der Waals surface area contributed by atoms with Gasteiger partial charge in [0.25, 0.3) is 5.91 Å². The minimum absolute atomic E-state index is 0.0449. The number of hydrogen-bond acceptors (Lipinski definition) is 4. The first-order valence-electron chi connectivity index (χ1n) is 10.6. The molecular formula is C23H32N2O3S. The number of carbonyl (C=O) groups is 2. The molecule has 2 amide bonds. The number of benzene rings is 1. The number of hydrogen-bond donors (Lipinski definition) is 1. The van der Waals surface area contributed by atoms with Crippen molar-refractivity contribution in [2.45, 2.75) is 65.0 Å². The lowest BCUT2D eigenvalue weighted by molar-refractivity contribution is -0.131. The van der Waals surface area contributed by atoms with Crippen molar-refractivity contribution < 1.29 is 14.3 Å². The predicted octanol–water partition coefficient (Wildman–Crippen LogP) is 4.39. The number of amides is 2. The zero-order valence-corrected chi connectivity index (χ0v) is 18.5. The van der Waals surface area contributed by atoms with Gasteiger partial charge in [0.05, 0.1) is 17.6 Å². The highest BCUT2D eigenvalue weighted by Gasteiger charge is 2.27. The number of ether oxygens (including phenoxy) is 1. The zero-order chi connectivity index (χ0) is 20.8. The van der Waals surface area contributed by atoms with Gasteiger partial charge in [0.1, 0.15) is 0 Å². The van der Waals surface area contributed by atoms with E-state index in [9.17, 15) is 9.59 Å². The van der Waals surface area contributed by atoms with Crippen LogP contribution in [0.15, 0.2) is 24.3 Å². The summed E-state index contributed by atoms with van der Waals surface area (Å²) in [5.74, 6) is 0.0878. The maximum absolute atomic E-state index is 13.0. The minimum Gasteiger partial charge on any atom is -0.377 e. The molecule has 1 aromatic heterocycles. The van der Waals surface area contributed by atoms with Crippen LogP contribution in [0.5, 0.6) is 0 Å². The second kappa shape index (κ2) is 10.2. The van der Waals surface area contributed by atoms with E-state index in [1.54, 1.807) is 18.3 Å². The van der Waals surface area contributed by atoms with Crippen molar-refractivity contribution in [1.82, 2.24) is 10.2 Å². The summed E-state index contributed by atoms with van der Waals surface area (Å²) in [6.07, 6.45) is 5.23. The van der Waals surface area contributed by atoms with Crippen LogP contribution >= 0.6 is 11.3 Å². The van der Waals surface area contributed by atoms with Crippen LogP contribution in [0.2, 0.25) is 0 Å². The van der Waals surface area contributed by atoms with Crippen molar-refractivity contribution in [3.05, 3.63) is 34.7 Å². The molecule has 1 fully saturated rings. The molecule has 2 heterocycles. The van der Waals surface area contributed by atoms with E-state index in [2.05, 4.69) is 17.4 Å². The topological polar surface area (TPSA) is 58.6 Å². The quantitative estimate of drug-likeness (QED) is 0.681. The van der Waals surface area contributed by atoms with Gasteiger partial charge in [-0.25, -0.2) is 0 Å². The van der Waals surface area contributed by atoms with Gasteiger partial charge in [0.2, 0.25) is 5.91 Å². The molecule has 0 unspecified atom stereocenters. The summed E-state index contributed by atoms with van der Waals surface area (Å²) in [7, 11) is 0. The average Bonchev–Trinajstić information content (AvgIpc) is 2.88. The first-order chi connectivity index (χ1) is 14.0. The molecule has 1 aromatic carbocycles. The molecule has 1 aliphatic heterocycles. The number of rotatable bonds is 7. The summed E-state index contributed by atoms with van der Waals surface area (Å²) in [5.41, 5.74) is 1.08. The van der Waals surface area contributed by atoms with Crippen LogP contribution in [0, 0.1) is 0 Å². The van der Waals surface area contributed by atoms with Crippen molar-refractivity contribution in [1.29, 1.82) is 0 Å². The van der Waals surface area contributed by atoms with Crippen molar-refractivity contribution in [2.24, 2.45) is 0 Å². The summed E-state index contributed by atoms with van der Waals surface area (Å²) in [5, 5.41) is 4.14. The molecule has 1 atom stereocenters. The highest BCUT2D eigenvalue weighted by molar-refractivity contribution is 7.21. The van der Waals surface area contributed by atoms with Gasteiger partial charge in [-0.15, -0.1) is 11.3 Å². The zero-order valence-electron chi connectivity index (χ0n) is 17.7. The van der Waals surface area contributed by atoms with Gasteiger partial charge in [0, 0.05) is 30.8 Å². The fraction of sp³-hybridized carbons (Fsp3) is 0.565. The van der Waals surface area contributed by atoms with Crippen molar-refractivity contribution in [3.8, 4) is 0 Å². The van der Waals surface area contributed by atoms with E-state index in [0.29, 0.717) is 13.2 Å². The van der Waals surface area contributed by atoms with Crippen molar-refractivity contribution in [3.63, 3.8) is 0 Å². The third kappa shape index (κ3) is 5.58. The Morgan fingerprint density at radius 1 is 1.24 bits per heavy atom. The Hall–Kier alpha value is -1.92. The Morgan fingerprint density at radius 3 is 2.79 bits per heavy atom.